The molecule has 0 saturated heterocycles. The molecule has 0 atom stereocenters. The van der Waals surface area contributed by atoms with Crippen molar-refractivity contribution < 1.29 is 0 Å². The summed E-state index contributed by atoms with van der Waals surface area (Å²) in [6.07, 6.45) is 0. The Hall–Kier alpha value is -0.660. The molecule has 0 fully saturated rings. The monoisotopic (exact) mass is 274 g/mol. The molecular formula is C9H14N4S3. The van der Waals surface area contributed by atoms with E-state index in [1.165, 1.54) is 33.3 Å². The number of nitrogens with two attached hydrogens (primary N) is 2. The first-order valence-electron chi connectivity index (χ1n) is 4.51. The summed E-state index contributed by atoms with van der Waals surface area (Å²) >= 11 is 4.60. The number of thioether (sulfide) groups is 2. The van der Waals surface area contributed by atoms with Crippen molar-refractivity contribution in [2.75, 3.05) is 7.05 Å². The Kier molecular flexibility index (Phi) is 5.72. The molecule has 5 N–H and O–H groups in total. The van der Waals surface area contributed by atoms with E-state index >= 15 is 0 Å². The minimum Gasteiger partial charge on any atom is -0.379 e. The van der Waals surface area contributed by atoms with Crippen LogP contribution in [0.5, 0.6) is 0 Å². The smallest absolute Gasteiger partial charge is 0.153 e. The number of rotatable bonds is 4. The molecule has 0 aromatic carbocycles. The van der Waals surface area contributed by atoms with Gasteiger partial charge in [-0.15, -0.1) is 11.3 Å². The SMILES string of the molecule is CN=C(N)SCc1ccc(CSC(=N)N)s1. The van der Waals surface area contributed by atoms with Crippen LogP contribution in [0.4, 0.5) is 0 Å². The number of nitrogens with zero attached hydrogens (tertiary/aromatic N) is 1. The highest BCUT2D eigenvalue weighted by Gasteiger charge is 2.02. The van der Waals surface area contributed by atoms with E-state index in [0.717, 1.165) is 11.5 Å². The molecule has 0 aliphatic rings. The summed E-state index contributed by atoms with van der Waals surface area (Å²) in [4.78, 5) is 6.37. The zero-order valence-corrected chi connectivity index (χ0v) is 11.3. The van der Waals surface area contributed by atoms with Crippen LogP contribution in [0.3, 0.4) is 0 Å². The van der Waals surface area contributed by atoms with E-state index in [0.29, 0.717) is 5.17 Å². The first-order valence-corrected chi connectivity index (χ1v) is 7.30. The van der Waals surface area contributed by atoms with E-state index in [9.17, 15) is 0 Å². The van der Waals surface area contributed by atoms with Crippen molar-refractivity contribution in [2.24, 2.45) is 16.5 Å². The molecule has 1 rings (SSSR count). The van der Waals surface area contributed by atoms with Crippen LogP contribution in [-0.4, -0.2) is 17.4 Å². The molecule has 0 amide bonds. The molecule has 0 aliphatic heterocycles. The van der Waals surface area contributed by atoms with Crippen LogP contribution in [0.1, 0.15) is 9.75 Å². The lowest BCUT2D eigenvalue weighted by Gasteiger charge is -1.97. The second-order valence-corrected chi connectivity index (χ2v) is 6.14. The zero-order chi connectivity index (χ0) is 12.0. The van der Waals surface area contributed by atoms with Crippen LogP contribution in [0.15, 0.2) is 17.1 Å². The fraction of sp³-hybridized carbons (Fsp3) is 0.333. The molecule has 0 spiro atoms. The highest BCUT2D eigenvalue weighted by Crippen LogP contribution is 2.24. The summed E-state index contributed by atoms with van der Waals surface area (Å²) in [6.45, 7) is 0. The number of hydrogen-bond acceptors (Lipinski definition) is 5. The van der Waals surface area contributed by atoms with Gasteiger partial charge in [0.1, 0.15) is 0 Å². The van der Waals surface area contributed by atoms with Crippen LogP contribution >= 0.6 is 34.9 Å². The van der Waals surface area contributed by atoms with E-state index in [4.69, 9.17) is 16.9 Å². The van der Waals surface area contributed by atoms with Gasteiger partial charge in [-0.05, 0) is 12.1 Å². The molecule has 0 aliphatic carbocycles. The molecular weight excluding hydrogens is 260 g/mol. The third-order valence-electron chi connectivity index (χ3n) is 1.67. The highest BCUT2D eigenvalue weighted by atomic mass is 32.2. The van der Waals surface area contributed by atoms with E-state index in [2.05, 4.69) is 17.1 Å². The fourth-order valence-electron chi connectivity index (χ4n) is 0.936. The summed E-state index contributed by atoms with van der Waals surface area (Å²) < 4.78 is 0. The van der Waals surface area contributed by atoms with Crippen LogP contribution in [0.25, 0.3) is 0 Å². The van der Waals surface area contributed by atoms with Gasteiger partial charge in [-0.1, -0.05) is 23.5 Å². The Morgan fingerprint density at radius 2 is 1.88 bits per heavy atom. The van der Waals surface area contributed by atoms with Crippen molar-refractivity contribution in [3.05, 3.63) is 21.9 Å². The van der Waals surface area contributed by atoms with E-state index in [1.807, 2.05) is 0 Å². The lowest BCUT2D eigenvalue weighted by molar-refractivity contribution is 1.43. The van der Waals surface area contributed by atoms with Crippen LogP contribution in [0, 0.1) is 5.41 Å². The average molecular weight is 274 g/mol. The van der Waals surface area contributed by atoms with Gasteiger partial charge >= 0.3 is 0 Å². The van der Waals surface area contributed by atoms with Crippen LogP contribution in [-0.2, 0) is 11.5 Å². The molecule has 16 heavy (non-hydrogen) atoms. The quantitative estimate of drug-likeness (QED) is 0.579. The second-order valence-electron chi connectivity index (χ2n) is 2.87. The Balaban J connectivity index is 2.42. The molecule has 7 heteroatoms. The van der Waals surface area contributed by atoms with Gasteiger partial charge in [0.15, 0.2) is 10.3 Å². The lowest BCUT2D eigenvalue weighted by Crippen LogP contribution is -2.05. The maximum absolute atomic E-state index is 7.12. The summed E-state index contributed by atoms with van der Waals surface area (Å²) in [5.74, 6) is 1.61. The number of hydrogen-bond donors (Lipinski definition) is 3. The predicted octanol–water partition coefficient (Wildman–Crippen LogP) is 2.05. The van der Waals surface area contributed by atoms with Gasteiger partial charge in [-0.2, -0.15) is 0 Å². The second kappa shape index (κ2) is 6.82. The summed E-state index contributed by atoms with van der Waals surface area (Å²) in [7, 11) is 1.69. The third-order valence-corrected chi connectivity index (χ3v) is 4.82. The van der Waals surface area contributed by atoms with Gasteiger partial charge in [0.25, 0.3) is 0 Å². The number of aliphatic imine (C=N–C) groups is 1. The van der Waals surface area contributed by atoms with Gasteiger partial charge < -0.3 is 11.5 Å². The number of nitrogens with one attached hydrogen (secondary N) is 1. The fourth-order valence-corrected chi connectivity index (χ4v) is 3.28. The first kappa shape index (κ1) is 13.4. The zero-order valence-electron chi connectivity index (χ0n) is 8.90. The van der Waals surface area contributed by atoms with Gasteiger partial charge in [0.05, 0.1) is 0 Å². The van der Waals surface area contributed by atoms with Crippen molar-refractivity contribution in [3.8, 4) is 0 Å². The minimum absolute atomic E-state index is 0.159. The van der Waals surface area contributed by atoms with Gasteiger partial charge in [-0.3, -0.25) is 10.4 Å². The average Bonchev–Trinajstić information content (AvgIpc) is 2.71. The Labute approximate surface area is 107 Å². The number of thiophene rings is 1. The van der Waals surface area contributed by atoms with Gasteiger partial charge in [0, 0.05) is 28.3 Å². The maximum atomic E-state index is 7.12. The molecule has 1 aromatic heterocycles. The summed E-state index contributed by atoms with van der Waals surface area (Å²) in [6, 6.07) is 4.15. The Morgan fingerprint density at radius 1 is 1.31 bits per heavy atom. The Bertz CT molecular complexity index is 386. The first-order chi connectivity index (χ1) is 7.61. The Morgan fingerprint density at radius 3 is 2.38 bits per heavy atom. The van der Waals surface area contributed by atoms with Gasteiger partial charge in [-0.25, -0.2) is 0 Å². The third kappa shape index (κ3) is 4.91. The number of amidine groups is 2. The predicted molar refractivity (Wildman–Crippen MR) is 76.4 cm³/mol. The van der Waals surface area contributed by atoms with Crippen LogP contribution in [0.2, 0.25) is 0 Å². The van der Waals surface area contributed by atoms with E-state index in [1.54, 1.807) is 18.4 Å². The molecule has 88 valence electrons. The molecule has 0 saturated carbocycles. The van der Waals surface area contributed by atoms with Crippen molar-refractivity contribution in [1.82, 2.24) is 0 Å². The van der Waals surface area contributed by atoms with E-state index in [-0.39, 0.29) is 5.17 Å². The van der Waals surface area contributed by atoms with Crippen molar-refractivity contribution >= 4 is 45.2 Å². The summed E-state index contributed by atoms with van der Waals surface area (Å²) in [5.41, 5.74) is 10.9. The van der Waals surface area contributed by atoms with Crippen molar-refractivity contribution in [2.45, 2.75) is 11.5 Å². The molecule has 0 radical (unpaired) electrons. The molecule has 4 nitrogen and oxygen atoms in total. The minimum atomic E-state index is 0.159. The maximum Gasteiger partial charge on any atom is 0.153 e. The molecule has 0 bridgehead atoms. The van der Waals surface area contributed by atoms with Crippen molar-refractivity contribution in [3.63, 3.8) is 0 Å². The highest BCUT2D eigenvalue weighted by molar-refractivity contribution is 8.13. The summed E-state index contributed by atoms with van der Waals surface area (Å²) in [5, 5.41) is 7.89. The largest absolute Gasteiger partial charge is 0.379 e. The normalized spacial score (nSPS) is 11.7. The van der Waals surface area contributed by atoms with Crippen molar-refractivity contribution in [1.29, 1.82) is 5.41 Å². The molecule has 0 unspecified atom stereocenters. The standard InChI is InChI=1S/C9H14N4S3/c1-13-9(12)15-5-7-3-2-6(16-7)4-14-8(10)11/h2-3H,4-5H2,1H3,(H3,10,11)(H2,12,13). The molecule has 1 heterocycles. The lowest BCUT2D eigenvalue weighted by atomic mass is 10.5. The van der Waals surface area contributed by atoms with E-state index < -0.39 is 0 Å². The van der Waals surface area contributed by atoms with Gasteiger partial charge in [0.2, 0.25) is 0 Å². The molecule has 1 aromatic rings. The van der Waals surface area contributed by atoms with Crippen LogP contribution < -0.4 is 11.5 Å². The topological polar surface area (TPSA) is 88.2 Å².